The molecular formula is C13H23N3S. The molecule has 2 N–H and O–H groups in total. The third kappa shape index (κ3) is 3.89. The number of anilines is 1. The van der Waals surface area contributed by atoms with Crippen molar-refractivity contribution < 1.29 is 0 Å². The molecule has 0 amide bonds. The second kappa shape index (κ2) is 6.87. The Morgan fingerprint density at radius 3 is 2.71 bits per heavy atom. The monoisotopic (exact) mass is 253 g/mol. The Kier molecular flexibility index (Phi) is 5.78. The van der Waals surface area contributed by atoms with Crippen LogP contribution in [0.25, 0.3) is 0 Å². The number of nitrogens with zero attached hydrogens (tertiary/aromatic N) is 2. The third-order valence-corrected chi connectivity index (χ3v) is 3.56. The molecule has 0 aliphatic heterocycles. The summed E-state index contributed by atoms with van der Waals surface area (Å²) in [5.74, 6) is 2.23. The van der Waals surface area contributed by atoms with Crippen LogP contribution in [0, 0.1) is 13.8 Å². The number of pyridine rings is 1. The summed E-state index contributed by atoms with van der Waals surface area (Å²) in [5, 5.41) is 0. The lowest BCUT2D eigenvalue weighted by molar-refractivity contribution is 0.826. The van der Waals surface area contributed by atoms with Gasteiger partial charge in [0.1, 0.15) is 5.82 Å². The van der Waals surface area contributed by atoms with E-state index in [4.69, 9.17) is 5.73 Å². The Morgan fingerprint density at radius 1 is 1.41 bits per heavy atom. The molecule has 1 rings (SSSR count). The van der Waals surface area contributed by atoms with Gasteiger partial charge in [0, 0.05) is 31.4 Å². The van der Waals surface area contributed by atoms with Crippen molar-refractivity contribution in [2.45, 2.75) is 26.8 Å². The molecule has 0 aliphatic carbocycles. The SMILES string of the molecule is CSCCCN(C)c1nc(C)cc(C)c1CN. The first-order chi connectivity index (χ1) is 8.10. The number of thioether (sulfide) groups is 1. The smallest absolute Gasteiger partial charge is 0.133 e. The van der Waals surface area contributed by atoms with Crippen molar-refractivity contribution in [2.75, 3.05) is 30.5 Å². The zero-order valence-corrected chi connectivity index (χ0v) is 12.1. The fourth-order valence-electron chi connectivity index (χ4n) is 1.96. The fourth-order valence-corrected chi connectivity index (χ4v) is 2.38. The second-order valence-electron chi connectivity index (χ2n) is 4.35. The average Bonchev–Trinajstić information content (AvgIpc) is 2.28. The van der Waals surface area contributed by atoms with E-state index in [0.29, 0.717) is 6.54 Å². The van der Waals surface area contributed by atoms with Gasteiger partial charge < -0.3 is 10.6 Å². The predicted octanol–water partition coefficient (Wildman–Crippen LogP) is 2.35. The van der Waals surface area contributed by atoms with Gasteiger partial charge in [-0.1, -0.05) is 0 Å². The van der Waals surface area contributed by atoms with Crippen LogP contribution in [-0.2, 0) is 6.54 Å². The molecule has 0 saturated carbocycles. The summed E-state index contributed by atoms with van der Waals surface area (Å²) in [6, 6.07) is 2.10. The van der Waals surface area contributed by atoms with Crippen molar-refractivity contribution in [1.29, 1.82) is 0 Å². The van der Waals surface area contributed by atoms with E-state index in [-0.39, 0.29) is 0 Å². The summed E-state index contributed by atoms with van der Waals surface area (Å²) in [6.07, 6.45) is 3.32. The molecule has 1 aromatic heterocycles. The van der Waals surface area contributed by atoms with Crippen molar-refractivity contribution in [3.8, 4) is 0 Å². The molecule has 0 radical (unpaired) electrons. The number of nitrogens with two attached hydrogens (primary N) is 1. The molecule has 3 nitrogen and oxygen atoms in total. The lowest BCUT2D eigenvalue weighted by Crippen LogP contribution is -2.23. The van der Waals surface area contributed by atoms with Crippen LogP contribution in [0.5, 0.6) is 0 Å². The minimum absolute atomic E-state index is 0.557. The van der Waals surface area contributed by atoms with E-state index in [2.05, 4.69) is 36.2 Å². The van der Waals surface area contributed by atoms with Crippen LogP contribution < -0.4 is 10.6 Å². The number of hydrogen-bond acceptors (Lipinski definition) is 4. The molecule has 0 atom stereocenters. The molecule has 4 heteroatoms. The lowest BCUT2D eigenvalue weighted by atomic mass is 10.1. The molecule has 17 heavy (non-hydrogen) atoms. The normalized spacial score (nSPS) is 10.6. The quantitative estimate of drug-likeness (QED) is 0.790. The summed E-state index contributed by atoms with van der Waals surface area (Å²) in [4.78, 5) is 6.84. The highest BCUT2D eigenvalue weighted by Gasteiger charge is 2.11. The van der Waals surface area contributed by atoms with Gasteiger partial charge >= 0.3 is 0 Å². The summed E-state index contributed by atoms with van der Waals surface area (Å²) in [7, 11) is 2.10. The first-order valence-electron chi connectivity index (χ1n) is 5.97. The summed E-state index contributed by atoms with van der Waals surface area (Å²) in [5.41, 5.74) is 9.30. The maximum atomic E-state index is 5.82. The number of aryl methyl sites for hydroxylation is 2. The van der Waals surface area contributed by atoms with Crippen molar-refractivity contribution in [3.05, 3.63) is 22.9 Å². The van der Waals surface area contributed by atoms with Gasteiger partial charge in [0.05, 0.1) is 0 Å². The number of aromatic nitrogens is 1. The lowest BCUT2D eigenvalue weighted by Gasteiger charge is -2.22. The maximum absolute atomic E-state index is 5.82. The minimum Gasteiger partial charge on any atom is -0.359 e. The van der Waals surface area contributed by atoms with Gasteiger partial charge in [0.25, 0.3) is 0 Å². The molecule has 0 fully saturated rings. The summed E-state index contributed by atoms with van der Waals surface area (Å²) in [6.45, 7) is 5.73. The van der Waals surface area contributed by atoms with Gasteiger partial charge in [0.15, 0.2) is 0 Å². The van der Waals surface area contributed by atoms with Crippen LogP contribution in [0.1, 0.15) is 23.2 Å². The van der Waals surface area contributed by atoms with Crippen molar-refractivity contribution >= 4 is 17.6 Å². The Hall–Kier alpha value is -0.740. The van der Waals surface area contributed by atoms with Gasteiger partial charge in [-0.3, -0.25) is 0 Å². The van der Waals surface area contributed by atoms with Crippen LogP contribution in [-0.4, -0.2) is 30.6 Å². The van der Waals surface area contributed by atoms with Crippen LogP contribution in [0.15, 0.2) is 6.07 Å². The average molecular weight is 253 g/mol. The Labute approximate surface area is 109 Å². The number of rotatable bonds is 6. The number of hydrogen-bond donors (Lipinski definition) is 1. The molecular weight excluding hydrogens is 230 g/mol. The standard InChI is InChI=1S/C13H23N3S/c1-10-8-11(2)15-13(12(10)9-14)16(3)6-5-7-17-4/h8H,5-7,9,14H2,1-4H3. The molecule has 0 aliphatic rings. The van der Waals surface area contributed by atoms with Crippen LogP contribution in [0.3, 0.4) is 0 Å². The Morgan fingerprint density at radius 2 is 2.12 bits per heavy atom. The minimum atomic E-state index is 0.557. The van der Waals surface area contributed by atoms with E-state index in [1.165, 1.54) is 23.3 Å². The third-order valence-electron chi connectivity index (χ3n) is 2.86. The Bertz CT molecular complexity index is 366. The molecule has 96 valence electrons. The van der Waals surface area contributed by atoms with Gasteiger partial charge in [0.2, 0.25) is 0 Å². The zero-order valence-electron chi connectivity index (χ0n) is 11.3. The topological polar surface area (TPSA) is 42.2 Å². The van der Waals surface area contributed by atoms with Gasteiger partial charge in [-0.05, 0) is 43.9 Å². The fraction of sp³-hybridized carbons (Fsp3) is 0.615. The highest BCUT2D eigenvalue weighted by molar-refractivity contribution is 7.98. The largest absolute Gasteiger partial charge is 0.359 e. The van der Waals surface area contributed by atoms with E-state index in [1.54, 1.807) is 0 Å². The van der Waals surface area contributed by atoms with E-state index in [0.717, 1.165) is 18.1 Å². The van der Waals surface area contributed by atoms with E-state index >= 15 is 0 Å². The van der Waals surface area contributed by atoms with Gasteiger partial charge in [-0.2, -0.15) is 11.8 Å². The molecule has 1 heterocycles. The van der Waals surface area contributed by atoms with Crippen LogP contribution in [0.2, 0.25) is 0 Å². The highest BCUT2D eigenvalue weighted by Crippen LogP contribution is 2.21. The maximum Gasteiger partial charge on any atom is 0.133 e. The molecule has 0 spiro atoms. The zero-order chi connectivity index (χ0) is 12.8. The van der Waals surface area contributed by atoms with E-state index < -0.39 is 0 Å². The second-order valence-corrected chi connectivity index (χ2v) is 5.34. The molecule has 0 aromatic carbocycles. The molecule has 0 saturated heterocycles. The highest BCUT2D eigenvalue weighted by atomic mass is 32.2. The summed E-state index contributed by atoms with van der Waals surface area (Å²) < 4.78 is 0. The van der Waals surface area contributed by atoms with Gasteiger partial charge in [-0.25, -0.2) is 4.98 Å². The molecule has 1 aromatic rings. The van der Waals surface area contributed by atoms with E-state index in [1.807, 2.05) is 18.7 Å². The Balaban J connectivity index is 2.87. The first-order valence-corrected chi connectivity index (χ1v) is 7.36. The van der Waals surface area contributed by atoms with Crippen molar-refractivity contribution in [2.24, 2.45) is 5.73 Å². The summed E-state index contributed by atoms with van der Waals surface area (Å²) >= 11 is 1.88. The predicted molar refractivity (Wildman–Crippen MR) is 77.9 cm³/mol. The first kappa shape index (κ1) is 14.3. The van der Waals surface area contributed by atoms with Crippen LogP contribution in [0.4, 0.5) is 5.82 Å². The van der Waals surface area contributed by atoms with Gasteiger partial charge in [-0.15, -0.1) is 0 Å². The van der Waals surface area contributed by atoms with Crippen molar-refractivity contribution in [1.82, 2.24) is 4.98 Å². The van der Waals surface area contributed by atoms with E-state index in [9.17, 15) is 0 Å². The van der Waals surface area contributed by atoms with Crippen molar-refractivity contribution in [3.63, 3.8) is 0 Å². The molecule has 0 unspecified atom stereocenters. The molecule has 0 bridgehead atoms. The van der Waals surface area contributed by atoms with Crippen LogP contribution >= 0.6 is 11.8 Å².